The second-order valence-corrected chi connectivity index (χ2v) is 5.02. The fourth-order valence-corrected chi connectivity index (χ4v) is 2.52. The molecule has 0 aliphatic carbocycles. The van der Waals surface area contributed by atoms with Crippen LogP contribution >= 0.6 is 11.8 Å². The smallest absolute Gasteiger partial charge is 0.223 e. The summed E-state index contributed by atoms with van der Waals surface area (Å²) in [6.45, 7) is 6.91. The number of hydrogen-bond acceptors (Lipinski definition) is 5. The molecule has 0 fully saturated rings. The summed E-state index contributed by atoms with van der Waals surface area (Å²) in [6, 6.07) is 6.02. The van der Waals surface area contributed by atoms with Gasteiger partial charge >= 0.3 is 0 Å². The van der Waals surface area contributed by atoms with Crippen molar-refractivity contribution in [3.05, 3.63) is 35.7 Å². The molecule has 0 aliphatic rings. The van der Waals surface area contributed by atoms with E-state index in [2.05, 4.69) is 39.3 Å². The Hall–Kier alpha value is -1.62. The summed E-state index contributed by atoms with van der Waals surface area (Å²) in [5, 5.41) is 4.97. The van der Waals surface area contributed by atoms with E-state index in [1.807, 2.05) is 19.9 Å². The number of anilines is 1. The number of nitrogens with zero attached hydrogens (tertiary/aromatic N) is 3. The molecule has 18 heavy (non-hydrogen) atoms. The molecule has 2 aromatic rings. The molecule has 0 aliphatic heterocycles. The minimum Gasteiger partial charge on any atom is -0.354 e. The Balaban J connectivity index is 2.20. The summed E-state index contributed by atoms with van der Waals surface area (Å²) in [4.78, 5) is 13.1. The summed E-state index contributed by atoms with van der Waals surface area (Å²) in [7, 11) is 0. The van der Waals surface area contributed by atoms with Crippen molar-refractivity contribution >= 4 is 17.7 Å². The van der Waals surface area contributed by atoms with Crippen molar-refractivity contribution in [2.24, 2.45) is 0 Å². The molecule has 0 spiro atoms. The third-order valence-electron chi connectivity index (χ3n) is 2.25. The molecule has 2 heterocycles. The van der Waals surface area contributed by atoms with E-state index in [9.17, 15) is 0 Å². The zero-order chi connectivity index (χ0) is 13.0. The van der Waals surface area contributed by atoms with E-state index in [0.29, 0.717) is 5.95 Å². The third kappa shape index (κ3) is 3.43. The Morgan fingerprint density at radius 1 is 1.17 bits per heavy atom. The van der Waals surface area contributed by atoms with Crippen molar-refractivity contribution in [2.75, 3.05) is 11.9 Å². The Kier molecular flexibility index (Phi) is 4.15. The molecule has 0 bridgehead atoms. The Bertz CT molecular complexity index is 522. The fourth-order valence-electron chi connectivity index (χ4n) is 1.61. The number of hydrogen-bond donors (Lipinski definition) is 1. The zero-order valence-electron chi connectivity index (χ0n) is 10.8. The first-order valence-corrected chi connectivity index (χ1v) is 6.69. The van der Waals surface area contributed by atoms with Gasteiger partial charge in [-0.15, -0.1) is 0 Å². The summed E-state index contributed by atoms with van der Waals surface area (Å²) in [5.74, 6) is 0.659. The average molecular weight is 260 g/mol. The van der Waals surface area contributed by atoms with Gasteiger partial charge in [0, 0.05) is 18.4 Å². The molecule has 5 heteroatoms. The summed E-state index contributed by atoms with van der Waals surface area (Å²) in [6.07, 6.45) is 1.76. The molecule has 0 unspecified atom stereocenters. The molecule has 2 rings (SSSR count). The van der Waals surface area contributed by atoms with E-state index >= 15 is 0 Å². The van der Waals surface area contributed by atoms with Crippen LogP contribution in [0.15, 0.2) is 34.4 Å². The van der Waals surface area contributed by atoms with Crippen LogP contribution in [-0.4, -0.2) is 21.5 Å². The van der Waals surface area contributed by atoms with Gasteiger partial charge in [0.25, 0.3) is 0 Å². The van der Waals surface area contributed by atoms with Gasteiger partial charge in [-0.1, -0.05) is 0 Å². The van der Waals surface area contributed by atoms with Crippen LogP contribution < -0.4 is 5.32 Å². The summed E-state index contributed by atoms with van der Waals surface area (Å²) < 4.78 is 0. The van der Waals surface area contributed by atoms with Crippen LogP contribution in [0.3, 0.4) is 0 Å². The molecule has 2 aromatic heterocycles. The van der Waals surface area contributed by atoms with Crippen molar-refractivity contribution in [3.8, 4) is 0 Å². The summed E-state index contributed by atoms with van der Waals surface area (Å²) in [5.41, 5.74) is 2.24. The van der Waals surface area contributed by atoms with Crippen molar-refractivity contribution in [2.45, 2.75) is 30.8 Å². The first-order chi connectivity index (χ1) is 8.67. The second-order valence-electron chi connectivity index (χ2n) is 3.97. The normalized spacial score (nSPS) is 10.4. The van der Waals surface area contributed by atoms with Gasteiger partial charge in [-0.2, -0.15) is 0 Å². The largest absolute Gasteiger partial charge is 0.354 e. The highest BCUT2D eigenvalue weighted by molar-refractivity contribution is 7.99. The van der Waals surface area contributed by atoms with Crippen molar-refractivity contribution in [1.29, 1.82) is 0 Å². The lowest BCUT2D eigenvalue weighted by Crippen LogP contribution is -2.01. The molecule has 0 aromatic carbocycles. The van der Waals surface area contributed by atoms with E-state index in [4.69, 9.17) is 0 Å². The fraction of sp³-hybridized carbons (Fsp3) is 0.308. The quantitative estimate of drug-likeness (QED) is 0.856. The lowest BCUT2D eigenvalue weighted by Gasteiger charge is -2.05. The van der Waals surface area contributed by atoms with Crippen LogP contribution in [0, 0.1) is 13.8 Å². The number of aromatic nitrogens is 3. The van der Waals surface area contributed by atoms with Gasteiger partial charge in [0.1, 0.15) is 10.1 Å². The number of pyridine rings is 1. The first-order valence-electron chi connectivity index (χ1n) is 5.87. The van der Waals surface area contributed by atoms with Gasteiger partial charge in [-0.3, -0.25) is 0 Å². The van der Waals surface area contributed by atoms with Crippen LogP contribution in [-0.2, 0) is 0 Å². The Morgan fingerprint density at radius 2 is 2.00 bits per heavy atom. The van der Waals surface area contributed by atoms with E-state index in [0.717, 1.165) is 22.3 Å². The molecule has 0 radical (unpaired) electrons. The zero-order valence-corrected chi connectivity index (χ0v) is 11.6. The lowest BCUT2D eigenvalue weighted by molar-refractivity contribution is 1.00. The topological polar surface area (TPSA) is 50.7 Å². The van der Waals surface area contributed by atoms with Gasteiger partial charge in [-0.05, 0) is 56.3 Å². The molecule has 4 nitrogen and oxygen atoms in total. The van der Waals surface area contributed by atoms with Crippen molar-refractivity contribution in [3.63, 3.8) is 0 Å². The van der Waals surface area contributed by atoms with Gasteiger partial charge in [-0.25, -0.2) is 15.0 Å². The van der Waals surface area contributed by atoms with Gasteiger partial charge in [0.2, 0.25) is 5.95 Å². The molecule has 0 saturated heterocycles. The minimum absolute atomic E-state index is 0.659. The third-order valence-corrected chi connectivity index (χ3v) is 3.10. The maximum absolute atomic E-state index is 4.49. The molecule has 1 N–H and O–H groups in total. The van der Waals surface area contributed by atoms with Crippen LogP contribution in [0.25, 0.3) is 0 Å². The minimum atomic E-state index is 0.659. The first kappa shape index (κ1) is 12.8. The maximum atomic E-state index is 4.49. The molecular formula is C13H16N4S. The van der Waals surface area contributed by atoms with E-state index in [-0.39, 0.29) is 0 Å². The molecule has 0 amide bonds. The van der Waals surface area contributed by atoms with Crippen molar-refractivity contribution < 1.29 is 0 Å². The Labute approximate surface area is 111 Å². The molecule has 0 saturated carbocycles. The number of rotatable bonds is 4. The monoisotopic (exact) mass is 260 g/mol. The van der Waals surface area contributed by atoms with E-state index in [1.54, 1.807) is 18.0 Å². The van der Waals surface area contributed by atoms with Gasteiger partial charge in [0.15, 0.2) is 0 Å². The standard InChI is InChI=1S/C13H16N4S/c1-4-14-13-15-6-5-11(17-13)18-12-8-9(2)7-10(3)16-12/h5-8H,4H2,1-3H3,(H,14,15,17). The van der Waals surface area contributed by atoms with Crippen LogP contribution in [0.2, 0.25) is 0 Å². The summed E-state index contributed by atoms with van der Waals surface area (Å²) >= 11 is 1.55. The molecule has 0 atom stereocenters. The number of aryl methyl sites for hydroxylation is 2. The average Bonchev–Trinajstić information content (AvgIpc) is 2.28. The van der Waals surface area contributed by atoms with Crippen LogP contribution in [0.1, 0.15) is 18.2 Å². The maximum Gasteiger partial charge on any atom is 0.223 e. The molecule has 94 valence electrons. The van der Waals surface area contributed by atoms with Gasteiger partial charge in [0.05, 0.1) is 0 Å². The highest BCUT2D eigenvalue weighted by Crippen LogP contribution is 2.25. The van der Waals surface area contributed by atoms with E-state index in [1.165, 1.54) is 5.56 Å². The highest BCUT2D eigenvalue weighted by atomic mass is 32.2. The van der Waals surface area contributed by atoms with Gasteiger partial charge < -0.3 is 5.32 Å². The number of nitrogens with one attached hydrogen (secondary N) is 1. The molecular weight excluding hydrogens is 244 g/mol. The van der Waals surface area contributed by atoms with Crippen molar-refractivity contribution in [1.82, 2.24) is 15.0 Å². The predicted octanol–water partition coefficient (Wildman–Crippen LogP) is 3.07. The van der Waals surface area contributed by atoms with E-state index < -0.39 is 0 Å². The highest BCUT2D eigenvalue weighted by Gasteiger charge is 2.03. The predicted molar refractivity (Wildman–Crippen MR) is 74.0 cm³/mol. The Morgan fingerprint density at radius 3 is 2.72 bits per heavy atom. The lowest BCUT2D eigenvalue weighted by atomic mass is 10.3. The SMILES string of the molecule is CCNc1nccc(Sc2cc(C)cc(C)n2)n1. The van der Waals surface area contributed by atoms with Crippen LogP contribution in [0.5, 0.6) is 0 Å². The van der Waals surface area contributed by atoms with Crippen LogP contribution in [0.4, 0.5) is 5.95 Å². The second kappa shape index (κ2) is 5.82.